The fraction of sp³-hybridized carbons (Fsp3) is 0.400. The van der Waals surface area contributed by atoms with Crippen LogP contribution in [0.2, 0.25) is 0 Å². The molecule has 2 fully saturated rings. The highest BCUT2D eigenvalue weighted by Gasteiger charge is 2.33. The first-order valence-electron chi connectivity index (χ1n) is 15.1. The molecule has 0 bridgehead atoms. The number of carbonyl (C=O) groups excluding carboxylic acids is 1. The lowest BCUT2D eigenvalue weighted by Gasteiger charge is -2.46. The number of carbonyl (C=O) groups is 1. The summed E-state index contributed by atoms with van der Waals surface area (Å²) < 4.78 is 29.0. The van der Waals surface area contributed by atoms with Crippen molar-refractivity contribution in [1.29, 1.82) is 10.5 Å². The molecular formula is C35H38F2N6O. The highest BCUT2D eigenvalue weighted by atomic mass is 19.1. The number of benzene rings is 3. The molecule has 0 aromatic heterocycles. The molecule has 2 saturated heterocycles. The lowest BCUT2D eigenvalue weighted by atomic mass is 9.96. The van der Waals surface area contributed by atoms with Gasteiger partial charge in [-0.05, 0) is 75.6 Å². The summed E-state index contributed by atoms with van der Waals surface area (Å²) in [6, 6.07) is 18.0. The van der Waals surface area contributed by atoms with E-state index in [0.29, 0.717) is 37.3 Å². The summed E-state index contributed by atoms with van der Waals surface area (Å²) in [5.74, 6) is -1.47. The standard InChI is InChI=1S/C35H38F2N6O/c1-22-12-23(2)30(35(44)42-11-10-40(18-24(42)3)34-15-31(36)28(17-39)14-32(34)37)13-29(22)21-43-25(4)19-41(20-26(43)5)33-9-7-6-8-27(33)16-38/h6-9,12-15,24-26H,10-11,18-21H2,1-5H3/t24-,25-,26+/m0/s1. The van der Waals surface area contributed by atoms with Gasteiger partial charge in [-0.2, -0.15) is 10.5 Å². The molecule has 2 aliphatic rings. The van der Waals surface area contributed by atoms with Crippen LogP contribution in [-0.2, 0) is 6.54 Å². The van der Waals surface area contributed by atoms with Gasteiger partial charge in [-0.1, -0.05) is 18.2 Å². The molecule has 44 heavy (non-hydrogen) atoms. The van der Waals surface area contributed by atoms with Crippen molar-refractivity contribution in [3.05, 3.63) is 93.5 Å². The second-order valence-corrected chi connectivity index (χ2v) is 12.2. The van der Waals surface area contributed by atoms with Gasteiger partial charge in [-0.3, -0.25) is 9.69 Å². The van der Waals surface area contributed by atoms with Crippen LogP contribution < -0.4 is 9.80 Å². The SMILES string of the molecule is Cc1cc(C)c(C(=O)N2CCN(c3cc(F)c(C#N)cc3F)C[C@@H]2C)cc1CN1[C@H](C)CN(c2ccccc2C#N)C[C@@H]1C. The van der Waals surface area contributed by atoms with Crippen molar-refractivity contribution in [2.24, 2.45) is 0 Å². The van der Waals surface area contributed by atoms with Crippen molar-refractivity contribution >= 4 is 17.3 Å². The number of hydrogen-bond donors (Lipinski definition) is 0. The minimum Gasteiger partial charge on any atom is -0.367 e. The average Bonchev–Trinajstić information content (AvgIpc) is 3.00. The van der Waals surface area contributed by atoms with Gasteiger partial charge < -0.3 is 14.7 Å². The van der Waals surface area contributed by atoms with Crippen molar-refractivity contribution in [3.8, 4) is 12.1 Å². The third-order valence-electron chi connectivity index (χ3n) is 9.12. The molecule has 0 aliphatic carbocycles. The van der Waals surface area contributed by atoms with Crippen LogP contribution in [0.4, 0.5) is 20.2 Å². The minimum atomic E-state index is -0.755. The summed E-state index contributed by atoms with van der Waals surface area (Å²) in [6.07, 6.45) is 0. The Balaban J connectivity index is 1.31. The molecule has 3 atom stereocenters. The van der Waals surface area contributed by atoms with E-state index in [2.05, 4.69) is 42.7 Å². The Labute approximate surface area is 258 Å². The number of piperazine rings is 2. The molecule has 3 aromatic carbocycles. The summed E-state index contributed by atoms with van der Waals surface area (Å²) in [7, 11) is 0. The first-order chi connectivity index (χ1) is 21.0. The van der Waals surface area contributed by atoms with Crippen LogP contribution in [0.15, 0.2) is 48.5 Å². The number of nitrogens with zero attached hydrogens (tertiary/aromatic N) is 6. The Morgan fingerprint density at radius 3 is 2.11 bits per heavy atom. The van der Waals surface area contributed by atoms with Crippen LogP contribution in [0, 0.1) is 48.1 Å². The smallest absolute Gasteiger partial charge is 0.254 e. The van der Waals surface area contributed by atoms with E-state index in [1.165, 1.54) is 0 Å². The third-order valence-corrected chi connectivity index (χ3v) is 9.12. The van der Waals surface area contributed by atoms with Gasteiger partial charge in [0.1, 0.15) is 23.8 Å². The maximum Gasteiger partial charge on any atom is 0.254 e. The molecule has 9 heteroatoms. The van der Waals surface area contributed by atoms with Gasteiger partial charge in [0.2, 0.25) is 0 Å². The highest BCUT2D eigenvalue weighted by molar-refractivity contribution is 5.96. The Hall–Kier alpha value is -4.47. The number of aryl methyl sites for hydroxylation is 2. The molecule has 0 radical (unpaired) electrons. The van der Waals surface area contributed by atoms with Gasteiger partial charge in [0.15, 0.2) is 0 Å². The molecule has 2 aliphatic heterocycles. The van der Waals surface area contributed by atoms with Crippen LogP contribution >= 0.6 is 0 Å². The Morgan fingerprint density at radius 2 is 1.45 bits per heavy atom. The van der Waals surface area contributed by atoms with Crippen LogP contribution in [-0.4, -0.2) is 66.6 Å². The van der Waals surface area contributed by atoms with Crippen molar-refractivity contribution in [3.63, 3.8) is 0 Å². The van der Waals surface area contributed by atoms with E-state index in [0.717, 1.165) is 47.6 Å². The van der Waals surface area contributed by atoms with E-state index in [-0.39, 0.29) is 35.3 Å². The molecule has 228 valence electrons. The molecule has 7 nitrogen and oxygen atoms in total. The summed E-state index contributed by atoms with van der Waals surface area (Å²) in [5.41, 5.74) is 5.23. The molecule has 3 aromatic rings. The van der Waals surface area contributed by atoms with Gasteiger partial charge in [0, 0.05) is 69.0 Å². The molecule has 0 saturated carbocycles. The van der Waals surface area contributed by atoms with E-state index in [9.17, 15) is 18.8 Å². The van der Waals surface area contributed by atoms with Gasteiger partial charge in [0.05, 0.1) is 22.5 Å². The largest absolute Gasteiger partial charge is 0.367 e. The predicted molar refractivity (Wildman–Crippen MR) is 168 cm³/mol. The topological polar surface area (TPSA) is 77.6 Å². The maximum absolute atomic E-state index is 14.7. The molecule has 2 heterocycles. The summed E-state index contributed by atoms with van der Waals surface area (Å²) >= 11 is 0. The molecule has 1 amide bonds. The van der Waals surface area contributed by atoms with Crippen molar-refractivity contribution < 1.29 is 13.6 Å². The van der Waals surface area contributed by atoms with E-state index in [1.807, 2.05) is 49.1 Å². The zero-order valence-electron chi connectivity index (χ0n) is 25.9. The van der Waals surface area contributed by atoms with Crippen molar-refractivity contribution in [1.82, 2.24) is 9.80 Å². The van der Waals surface area contributed by atoms with Crippen LogP contribution in [0.1, 0.15) is 58.9 Å². The highest BCUT2D eigenvalue weighted by Crippen LogP contribution is 2.30. The Kier molecular flexibility index (Phi) is 8.90. The van der Waals surface area contributed by atoms with Crippen molar-refractivity contribution in [2.45, 2.75) is 59.3 Å². The van der Waals surface area contributed by atoms with E-state index < -0.39 is 11.6 Å². The minimum absolute atomic E-state index is 0.0681. The number of anilines is 2. The Bertz CT molecular complexity index is 1650. The third kappa shape index (κ3) is 5.98. The predicted octanol–water partition coefficient (Wildman–Crippen LogP) is 5.78. The fourth-order valence-corrected chi connectivity index (χ4v) is 6.70. The summed E-state index contributed by atoms with van der Waals surface area (Å²) in [4.78, 5) is 22.2. The van der Waals surface area contributed by atoms with Gasteiger partial charge in [-0.15, -0.1) is 0 Å². The lowest BCUT2D eigenvalue weighted by molar-refractivity contribution is 0.0672. The average molecular weight is 597 g/mol. The van der Waals surface area contributed by atoms with Crippen LogP contribution in [0.25, 0.3) is 0 Å². The van der Waals surface area contributed by atoms with E-state index >= 15 is 0 Å². The molecule has 0 unspecified atom stereocenters. The monoisotopic (exact) mass is 596 g/mol. The second-order valence-electron chi connectivity index (χ2n) is 12.2. The Morgan fingerprint density at radius 1 is 0.795 bits per heavy atom. The number of rotatable bonds is 5. The summed E-state index contributed by atoms with van der Waals surface area (Å²) in [5, 5.41) is 18.6. The molecule has 0 N–H and O–H groups in total. The number of amides is 1. The number of hydrogen-bond acceptors (Lipinski definition) is 6. The zero-order chi connectivity index (χ0) is 31.7. The molecular weight excluding hydrogens is 558 g/mol. The van der Waals surface area contributed by atoms with Gasteiger partial charge in [0.25, 0.3) is 5.91 Å². The van der Waals surface area contributed by atoms with Crippen LogP contribution in [0.5, 0.6) is 0 Å². The van der Waals surface area contributed by atoms with E-state index in [4.69, 9.17) is 5.26 Å². The quantitative estimate of drug-likeness (QED) is 0.372. The van der Waals surface area contributed by atoms with Gasteiger partial charge in [-0.25, -0.2) is 8.78 Å². The summed E-state index contributed by atoms with van der Waals surface area (Å²) in [6.45, 7) is 13.7. The zero-order valence-corrected chi connectivity index (χ0v) is 25.9. The first kappa shape index (κ1) is 31.0. The lowest BCUT2D eigenvalue weighted by Crippen LogP contribution is -2.56. The first-order valence-corrected chi connectivity index (χ1v) is 15.1. The molecule has 0 spiro atoms. The second kappa shape index (κ2) is 12.6. The number of para-hydroxylation sites is 1. The van der Waals surface area contributed by atoms with Gasteiger partial charge >= 0.3 is 0 Å². The number of halogens is 2. The molecule has 5 rings (SSSR count). The van der Waals surface area contributed by atoms with E-state index in [1.54, 1.807) is 11.0 Å². The normalized spacial score (nSPS) is 20.8. The fourth-order valence-electron chi connectivity index (χ4n) is 6.70. The van der Waals surface area contributed by atoms with Crippen molar-refractivity contribution in [2.75, 3.05) is 42.5 Å². The number of nitriles is 2. The van der Waals surface area contributed by atoms with Crippen LogP contribution in [0.3, 0.4) is 0 Å². The maximum atomic E-state index is 14.7.